The molecule has 0 N–H and O–H groups in total. The van der Waals surface area contributed by atoms with Gasteiger partial charge in [-0.2, -0.15) is 4.57 Å². The van der Waals surface area contributed by atoms with Gasteiger partial charge >= 0.3 is 0 Å². The molecular weight excluding hydrogens is 220 g/mol. The molecule has 18 heavy (non-hydrogen) atoms. The minimum atomic E-state index is 1.25. The molecule has 0 aliphatic rings. The first-order valence-electron chi connectivity index (χ1n) is 6.16. The molecule has 2 heteroatoms. The van der Waals surface area contributed by atoms with Gasteiger partial charge in [-0.1, -0.05) is 18.2 Å². The SMILES string of the molecule is CN(C)c1cccc2cc3ccccc3[n+](C)c12. The summed E-state index contributed by atoms with van der Waals surface area (Å²) in [4.78, 5) is 2.16. The van der Waals surface area contributed by atoms with Crippen LogP contribution in [0.2, 0.25) is 0 Å². The van der Waals surface area contributed by atoms with E-state index >= 15 is 0 Å². The largest absolute Gasteiger partial charge is 0.372 e. The van der Waals surface area contributed by atoms with Crippen molar-refractivity contribution in [2.24, 2.45) is 7.05 Å². The number of nitrogens with zero attached hydrogens (tertiary/aromatic N) is 2. The number of anilines is 1. The van der Waals surface area contributed by atoms with E-state index in [2.05, 4.69) is 79.1 Å². The third-order valence-corrected chi connectivity index (χ3v) is 3.47. The fraction of sp³-hybridized carbons (Fsp3) is 0.188. The van der Waals surface area contributed by atoms with Crippen molar-refractivity contribution < 1.29 is 4.57 Å². The van der Waals surface area contributed by atoms with Crippen LogP contribution in [0, 0.1) is 0 Å². The smallest absolute Gasteiger partial charge is 0.236 e. The number of hydrogen-bond donors (Lipinski definition) is 0. The number of pyridine rings is 1. The minimum Gasteiger partial charge on any atom is -0.372 e. The molecule has 1 aromatic heterocycles. The number of fused-ring (bicyclic) bond motifs is 2. The second-order valence-corrected chi connectivity index (χ2v) is 4.87. The molecule has 0 atom stereocenters. The summed E-state index contributed by atoms with van der Waals surface area (Å²) in [5.41, 5.74) is 3.79. The van der Waals surface area contributed by atoms with Gasteiger partial charge in [-0.15, -0.1) is 0 Å². The molecule has 0 radical (unpaired) electrons. The van der Waals surface area contributed by atoms with E-state index < -0.39 is 0 Å². The third-order valence-electron chi connectivity index (χ3n) is 3.47. The van der Waals surface area contributed by atoms with Crippen molar-refractivity contribution in [1.29, 1.82) is 0 Å². The highest BCUT2D eigenvalue weighted by Crippen LogP contribution is 2.25. The predicted molar refractivity (Wildman–Crippen MR) is 77.0 cm³/mol. The zero-order valence-corrected chi connectivity index (χ0v) is 11.0. The molecule has 90 valence electrons. The van der Waals surface area contributed by atoms with Crippen molar-refractivity contribution in [3.8, 4) is 0 Å². The number of hydrogen-bond acceptors (Lipinski definition) is 1. The molecule has 0 saturated carbocycles. The molecule has 0 aliphatic carbocycles. The minimum absolute atomic E-state index is 1.25. The summed E-state index contributed by atoms with van der Waals surface area (Å²) in [7, 11) is 6.31. The topological polar surface area (TPSA) is 7.12 Å². The zero-order valence-electron chi connectivity index (χ0n) is 11.0. The molecular formula is C16H17N2+. The standard InChI is InChI=1S/C16H17N2/c1-17(2)15-10-6-8-13-11-12-7-4-5-9-14(12)18(3)16(13)15/h4-11H,1-3H3/q+1. The van der Waals surface area contributed by atoms with Crippen LogP contribution in [0.3, 0.4) is 0 Å². The van der Waals surface area contributed by atoms with Gasteiger partial charge in [-0.05, 0) is 24.3 Å². The first-order chi connectivity index (χ1) is 8.68. The van der Waals surface area contributed by atoms with E-state index in [1.807, 2.05) is 0 Å². The van der Waals surface area contributed by atoms with Crippen LogP contribution in [0.1, 0.15) is 0 Å². The van der Waals surface area contributed by atoms with Crippen LogP contribution in [0.4, 0.5) is 5.69 Å². The molecule has 0 fully saturated rings. The summed E-state index contributed by atoms with van der Waals surface area (Å²) in [6.07, 6.45) is 0. The van der Waals surface area contributed by atoms with E-state index in [-0.39, 0.29) is 0 Å². The Hall–Kier alpha value is -2.09. The van der Waals surface area contributed by atoms with Gasteiger partial charge in [0, 0.05) is 30.9 Å². The van der Waals surface area contributed by atoms with Crippen molar-refractivity contribution in [3.63, 3.8) is 0 Å². The molecule has 1 heterocycles. The molecule has 3 rings (SSSR count). The maximum Gasteiger partial charge on any atom is 0.236 e. The van der Waals surface area contributed by atoms with Gasteiger partial charge < -0.3 is 4.90 Å². The Morgan fingerprint density at radius 2 is 1.61 bits per heavy atom. The van der Waals surface area contributed by atoms with Gasteiger partial charge in [0.15, 0.2) is 0 Å². The molecule has 2 aromatic carbocycles. The maximum atomic E-state index is 2.28. The van der Waals surface area contributed by atoms with E-state index in [1.165, 1.54) is 27.5 Å². The quantitative estimate of drug-likeness (QED) is 0.466. The molecule has 2 nitrogen and oxygen atoms in total. The molecule has 3 aromatic rings. The van der Waals surface area contributed by atoms with E-state index in [0.717, 1.165) is 0 Å². The van der Waals surface area contributed by atoms with Crippen LogP contribution in [0.15, 0.2) is 48.5 Å². The average molecular weight is 237 g/mol. The van der Waals surface area contributed by atoms with E-state index in [1.54, 1.807) is 0 Å². The van der Waals surface area contributed by atoms with Crippen molar-refractivity contribution in [2.45, 2.75) is 0 Å². The van der Waals surface area contributed by atoms with Gasteiger partial charge in [0.2, 0.25) is 11.0 Å². The number of aryl methyl sites for hydroxylation is 1. The summed E-state index contributed by atoms with van der Waals surface area (Å²) >= 11 is 0. The second kappa shape index (κ2) is 3.98. The number of para-hydroxylation sites is 2. The fourth-order valence-corrected chi connectivity index (χ4v) is 2.59. The second-order valence-electron chi connectivity index (χ2n) is 4.87. The Kier molecular flexibility index (Phi) is 2.44. The van der Waals surface area contributed by atoms with Crippen molar-refractivity contribution in [3.05, 3.63) is 48.5 Å². The Morgan fingerprint density at radius 3 is 2.39 bits per heavy atom. The molecule has 0 spiro atoms. The van der Waals surface area contributed by atoms with Gasteiger partial charge in [0.05, 0.1) is 0 Å². The zero-order chi connectivity index (χ0) is 12.7. The summed E-state index contributed by atoms with van der Waals surface area (Å²) in [5, 5.41) is 2.56. The van der Waals surface area contributed by atoms with Gasteiger partial charge in [-0.25, -0.2) is 0 Å². The Bertz CT molecular complexity index is 730. The highest BCUT2D eigenvalue weighted by atomic mass is 15.1. The van der Waals surface area contributed by atoms with Gasteiger partial charge in [0.25, 0.3) is 0 Å². The van der Waals surface area contributed by atoms with Crippen LogP contribution >= 0.6 is 0 Å². The highest BCUT2D eigenvalue weighted by molar-refractivity contribution is 5.94. The average Bonchev–Trinajstić information content (AvgIpc) is 2.38. The Labute approximate surface area is 107 Å². The van der Waals surface area contributed by atoms with E-state index in [4.69, 9.17) is 0 Å². The summed E-state index contributed by atoms with van der Waals surface area (Å²) < 4.78 is 2.28. The lowest BCUT2D eigenvalue weighted by atomic mass is 10.1. The van der Waals surface area contributed by atoms with Crippen LogP contribution in [0.5, 0.6) is 0 Å². The Morgan fingerprint density at radius 1 is 0.889 bits per heavy atom. The third kappa shape index (κ3) is 1.53. The first-order valence-corrected chi connectivity index (χ1v) is 6.16. The summed E-state index contributed by atoms with van der Waals surface area (Å²) in [6.45, 7) is 0. The number of rotatable bonds is 1. The molecule has 0 saturated heterocycles. The van der Waals surface area contributed by atoms with Crippen molar-refractivity contribution >= 4 is 27.5 Å². The van der Waals surface area contributed by atoms with Gasteiger partial charge in [0.1, 0.15) is 12.7 Å². The van der Waals surface area contributed by atoms with E-state index in [9.17, 15) is 0 Å². The lowest BCUT2D eigenvalue weighted by molar-refractivity contribution is -0.617. The molecule has 0 unspecified atom stereocenters. The first kappa shape index (κ1) is 11.0. The van der Waals surface area contributed by atoms with Crippen LogP contribution in [-0.4, -0.2) is 14.1 Å². The lowest BCUT2D eigenvalue weighted by Gasteiger charge is -2.13. The number of benzene rings is 2. The summed E-state index contributed by atoms with van der Waals surface area (Å²) in [5.74, 6) is 0. The maximum absolute atomic E-state index is 2.28. The van der Waals surface area contributed by atoms with Crippen LogP contribution < -0.4 is 9.47 Å². The number of aromatic nitrogens is 1. The molecule has 0 aliphatic heterocycles. The van der Waals surface area contributed by atoms with Crippen LogP contribution in [0.25, 0.3) is 21.8 Å². The van der Waals surface area contributed by atoms with E-state index in [0.29, 0.717) is 0 Å². The van der Waals surface area contributed by atoms with Gasteiger partial charge in [-0.3, -0.25) is 0 Å². The normalized spacial score (nSPS) is 11.1. The Balaban J connectivity index is 2.53. The van der Waals surface area contributed by atoms with Crippen molar-refractivity contribution in [1.82, 2.24) is 0 Å². The lowest BCUT2D eigenvalue weighted by Crippen LogP contribution is -2.31. The fourth-order valence-electron chi connectivity index (χ4n) is 2.59. The predicted octanol–water partition coefficient (Wildman–Crippen LogP) is 2.88. The monoisotopic (exact) mass is 237 g/mol. The molecule has 0 amide bonds. The van der Waals surface area contributed by atoms with Crippen molar-refractivity contribution in [2.75, 3.05) is 19.0 Å². The molecule has 0 bridgehead atoms. The van der Waals surface area contributed by atoms with Crippen LogP contribution in [-0.2, 0) is 7.05 Å². The summed E-state index contributed by atoms with van der Waals surface area (Å²) in [6, 6.07) is 17.2. The highest BCUT2D eigenvalue weighted by Gasteiger charge is 2.15.